The molecule has 0 atom stereocenters. The van der Waals surface area contributed by atoms with E-state index in [1.54, 1.807) is 0 Å². The van der Waals surface area contributed by atoms with Gasteiger partial charge >= 0.3 is 0 Å². The first-order chi connectivity index (χ1) is 13.1. The summed E-state index contributed by atoms with van der Waals surface area (Å²) in [6.45, 7) is 0.487. The minimum atomic E-state index is -0.577. The number of carbonyl (C=O) groups is 1. The number of amides is 1. The number of hydrazone groups is 1. The van der Waals surface area contributed by atoms with Crippen molar-refractivity contribution in [2.24, 2.45) is 5.10 Å². The fourth-order valence-corrected chi connectivity index (χ4v) is 2.33. The van der Waals surface area contributed by atoms with Crippen molar-refractivity contribution < 1.29 is 19.7 Å². The number of nitrogens with zero attached hydrogens (tertiary/aromatic N) is 1. The Bertz CT molecular complexity index is 938. The monoisotopic (exact) mass is 362 g/mol. The maximum Gasteiger partial charge on any atom is 0.275 e. The lowest BCUT2D eigenvalue weighted by Crippen LogP contribution is -2.17. The van der Waals surface area contributed by atoms with Crippen molar-refractivity contribution in [3.8, 4) is 17.2 Å². The van der Waals surface area contributed by atoms with Crippen LogP contribution in [0, 0.1) is 0 Å². The van der Waals surface area contributed by atoms with Crippen LogP contribution in [-0.2, 0) is 6.61 Å². The third-order valence-electron chi connectivity index (χ3n) is 3.73. The van der Waals surface area contributed by atoms with E-state index < -0.39 is 5.91 Å². The van der Waals surface area contributed by atoms with Gasteiger partial charge in [0.15, 0.2) is 0 Å². The Labute approximate surface area is 156 Å². The molecule has 0 aliphatic rings. The molecule has 1 amide bonds. The van der Waals surface area contributed by atoms with Gasteiger partial charge in [0.1, 0.15) is 23.9 Å². The second-order valence-electron chi connectivity index (χ2n) is 5.74. The molecule has 136 valence electrons. The fourth-order valence-electron chi connectivity index (χ4n) is 2.33. The van der Waals surface area contributed by atoms with Crippen molar-refractivity contribution in [2.75, 3.05) is 0 Å². The normalized spacial score (nSPS) is 10.7. The average Bonchev–Trinajstić information content (AvgIpc) is 2.68. The lowest BCUT2D eigenvalue weighted by molar-refractivity contribution is 0.0952. The largest absolute Gasteiger partial charge is 0.508 e. The quantitative estimate of drug-likeness (QED) is 0.463. The third-order valence-corrected chi connectivity index (χ3v) is 3.73. The molecule has 3 aromatic carbocycles. The zero-order valence-electron chi connectivity index (χ0n) is 14.4. The van der Waals surface area contributed by atoms with Crippen LogP contribution in [0.4, 0.5) is 0 Å². The Morgan fingerprint density at radius 2 is 1.74 bits per heavy atom. The summed E-state index contributed by atoms with van der Waals surface area (Å²) in [6, 6.07) is 20.9. The molecule has 0 spiro atoms. The Balaban J connectivity index is 1.53. The third kappa shape index (κ3) is 5.09. The second-order valence-corrected chi connectivity index (χ2v) is 5.74. The lowest BCUT2D eigenvalue weighted by Gasteiger charge is -2.06. The van der Waals surface area contributed by atoms with Crippen molar-refractivity contribution in [3.63, 3.8) is 0 Å². The van der Waals surface area contributed by atoms with Gasteiger partial charge in [0.2, 0.25) is 0 Å². The predicted octanol–water partition coefficient (Wildman–Crippen LogP) is 3.44. The van der Waals surface area contributed by atoms with E-state index in [2.05, 4.69) is 10.5 Å². The first-order valence-corrected chi connectivity index (χ1v) is 8.24. The van der Waals surface area contributed by atoms with Crippen LogP contribution in [0.3, 0.4) is 0 Å². The maximum atomic E-state index is 12.0. The van der Waals surface area contributed by atoms with Crippen molar-refractivity contribution in [2.45, 2.75) is 6.61 Å². The molecule has 0 aliphatic heterocycles. The Morgan fingerprint density at radius 3 is 2.44 bits per heavy atom. The number of benzene rings is 3. The molecule has 27 heavy (non-hydrogen) atoms. The predicted molar refractivity (Wildman–Crippen MR) is 102 cm³/mol. The molecule has 3 N–H and O–H groups in total. The highest BCUT2D eigenvalue weighted by atomic mass is 16.5. The van der Waals surface area contributed by atoms with E-state index in [1.807, 2.05) is 54.6 Å². The van der Waals surface area contributed by atoms with Gasteiger partial charge in [0.05, 0.1) is 11.8 Å². The number of nitrogens with one attached hydrogen (secondary N) is 1. The van der Waals surface area contributed by atoms with Gasteiger partial charge in [-0.3, -0.25) is 4.79 Å². The van der Waals surface area contributed by atoms with Crippen LogP contribution in [0.5, 0.6) is 17.2 Å². The van der Waals surface area contributed by atoms with E-state index in [4.69, 9.17) is 4.74 Å². The van der Waals surface area contributed by atoms with Gasteiger partial charge in [-0.2, -0.15) is 5.10 Å². The Kier molecular flexibility index (Phi) is 5.69. The summed E-state index contributed by atoms with van der Waals surface area (Å²) in [5, 5.41) is 22.8. The molecule has 0 saturated heterocycles. The number of rotatable bonds is 6. The Hall–Kier alpha value is -3.80. The number of carbonyl (C=O) groups excluding carboxylic acids is 1. The molecule has 3 aromatic rings. The van der Waals surface area contributed by atoms with Gasteiger partial charge in [0, 0.05) is 6.07 Å². The number of hydrogen-bond acceptors (Lipinski definition) is 5. The van der Waals surface area contributed by atoms with Crippen molar-refractivity contribution >= 4 is 12.1 Å². The highest BCUT2D eigenvalue weighted by molar-refractivity contribution is 5.97. The van der Waals surface area contributed by atoms with Crippen LogP contribution in [-0.4, -0.2) is 22.3 Å². The van der Waals surface area contributed by atoms with Gasteiger partial charge in [-0.15, -0.1) is 0 Å². The molecule has 0 aromatic heterocycles. The van der Waals surface area contributed by atoms with Crippen LogP contribution >= 0.6 is 0 Å². The molecule has 0 bridgehead atoms. The minimum Gasteiger partial charge on any atom is -0.508 e. The molecule has 6 heteroatoms. The highest BCUT2D eigenvalue weighted by Gasteiger charge is 2.10. The van der Waals surface area contributed by atoms with E-state index in [0.717, 1.165) is 22.9 Å². The first-order valence-electron chi connectivity index (χ1n) is 8.24. The average molecular weight is 362 g/mol. The highest BCUT2D eigenvalue weighted by Crippen LogP contribution is 2.22. The Morgan fingerprint density at radius 1 is 1.00 bits per heavy atom. The van der Waals surface area contributed by atoms with E-state index >= 15 is 0 Å². The van der Waals surface area contributed by atoms with E-state index in [0.29, 0.717) is 6.61 Å². The van der Waals surface area contributed by atoms with Crippen LogP contribution in [0.1, 0.15) is 21.5 Å². The van der Waals surface area contributed by atoms with E-state index in [-0.39, 0.29) is 17.1 Å². The summed E-state index contributed by atoms with van der Waals surface area (Å²) >= 11 is 0. The lowest BCUT2D eigenvalue weighted by atomic mass is 10.2. The molecule has 3 rings (SSSR count). The smallest absolute Gasteiger partial charge is 0.275 e. The standard InChI is InChI=1S/C21H18N2O4/c24-17-8-11-19(20(25)12-17)21(26)23-22-13-15-6-9-18(10-7-15)27-14-16-4-2-1-3-5-16/h1-13,24-25H,14H2,(H,23,26)/b22-13+. The number of hydrogen-bond donors (Lipinski definition) is 3. The van der Waals surface area contributed by atoms with Crippen LogP contribution in [0.25, 0.3) is 0 Å². The molecule has 0 unspecified atom stereocenters. The summed E-state index contributed by atoms with van der Waals surface area (Å²) < 4.78 is 5.71. The van der Waals surface area contributed by atoms with Crippen molar-refractivity contribution in [1.82, 2.24) is 5.43 Å². The first kappa shape index (κ1) is 18.0. The molecule has 0 fully saturated rings. The number of phenolic OH excluding ortho intramolecular Hbond substituents is 2. The van der Waals surface area contributed by atoms with Crippen LogP contribution in [0.2, 0.25) is 0 Å². The van der Waals surface area contributed by atoms with Crippen LogP contribution < -0.4 is 10.2 Å². The van der Waals surface area contributed by atoms with Crippen molar-refractivity contribution in [1.29, 1.82) is 0 Å². The number of phenols is 2. The SMILES string of the molecule is O=C(N/N=C/c1ccc(OCc2ccccc2)cc1)c1ccc(O)cc1O. The van der Waals surface area contributed by atoms with Gasteiger partial charge in [-0.25, -0.2) is 5.43 Å². The van der Waals surface area contributed by atoms with Gasteiger partial charge in [0.25, 0.3) is 5.91 Å². The molecule has 0 aliphatic carbocycles. The summed E-state index contributed by atoms with van der Waals surface area (Å²) in [4.78, 5) is 12.0. The summed E-state index contributed by atoms with van der Waals surface area (Å²) in [7, 11) is 0. The van der Waals surface area contributed by atoms with E-state index in [9.17, 15) is 15.0 Å². The number of aromatic hydroxyl groups is 2. The topological polar surface area (TPSA) is 91.2 Å². The summed E-state index contributed by atoms with van der Waals surface area (Å²) in [5.41, 5.74) is 4.21. The zero-order chi connectivity index (χ0) is 19.1. The fraction of sp³-hybridized carbons (Fsp3) is 0.0476. The summed E-state index contributed by atoms with van der Waals surface area (Å²) in [6.07, 6.45) is 1.48. The van der Waals surface area contributed by atoms with Crippen LogP contribution in [0.15, 0.2) is 77.9 Å². The van der Waals surface area contributed by atoms with Gasteiger partial charge in [-0.05, 0) is 47.5 Å². The molecule has 0 saturated carbocycles. The molecule has 6 nitrogen and oxygen atoms in total. The van der Waals surface area contributed by atoms with Gasteiger partial charge < -0.3 is 14.9 Å². The number of ether oxygens (including phenoxy) is 1. The second kappa shape index (κ2) is 8.53. The maximum absolute atomic E-state index is 12.0. The van der Waals surface area contributed by atoms with E-state index in [1.165, 1.54) is 18.3 Å². The van der Waals surface area contributed by atoms with Crippen molar-refractivity contribution in [3.05, 3.63) is 89.5 Å². The molecular formula is C21H18N2O4. The molecular weight excluding hydrogens is 344 g/mol. The molecule has 0 radical (unpaired) electrons. The summed E-state index contributed by atoms with van der Waals surface area (Å²) in [5.74, 6) is -0.287. The molecule has 0 heterocycles. The van der Waals surface area contributed by atoms with Gasteiger partial charge in [-0.1, -0.05) is 30.3 Å². The zero-order valence-corrected chi connectivity index (χ0v) is 14.4. The minimum absolute atomic E-state index is 0.0228.